The van der Waals surface area contributed by atoms with Gasteiger partial charge in [-0.3, -0.25) is 0 Å². The van der Waals surface area contributed by atoms with Crippen LogP contribution in [-0.4, -0.2) is 25.2 Å². The van der Waals surface area contributed by atoms with Gasteiger partial charge in [0.1, 0.15) is 5.82 Å². The Labute approximate surface area is 126 Å². The van der Waals surface area contributed by atoms with Crippen molar-refractivity contribution >= 4 is 5.96 Å². The fourth-order valence-corrected chi connectivity index (χ4v) is 1.83. The Morgan fingerprint density at radius 1 is 1.33 bits per heavy atom. The van der Waals surface area contributed by atoms with Gasteiger partial charge in [-0.15, -0.1) is 0 Å². The minimum Gasteiger partial charge on any atom is -0.380 e. The van der Waals surface area contributed by atoms with Crippen LogP contribution in [0.5, 0.6) is 0 Å². The molecule has 0 atom stereocenters. The molecule has 2 N–H and O–H groups in total. The number of hydrogen-bond donors (Lipinski definition) is 2. The number of hydrogen-bond acceptors (Lipinski definition) is 2. The summed E-state index contributed by atoms with van der Waals surface area (Å²) < 4.78 is 18.6. The van der Waals surface area contributed by atoms with E-state index in [1.54, 1.807) is 19.2 Å². The quantitative estimate of drug-likeness (QED) is 0.648. The van der Waals surface area contributed by atoms with Crippen LogP contribution in [-0.2, 0) is 17.9 Å². The number of rotatable bonds is 5. The van der Waals surface area contributed by atoms with Crippen molar-refractivity contribution in [1.29, 1.82) is 0 Å². The van der Waals surface area contributed by atoms with Crippen molar-refractivity contribution in [3.63, 3.8) is 0 Å². The Morgan fingerprint density at radius 3 is 2.62 bits per heavy atom. The maximum Gasteiger partial charge on any atom is 0.191 e. The van der Waals surface area contributed by atoms with E-state index in [0.29, 0.717) is 12.1 Å². The smallest absolute Gasteiger partial charge is 0.191 e. The molecule has 0 aromatic heterocycles. The molecule has 4 nitrogen and oxygen atoms in total. The molecule has 0 fully saturated rings. The molecule has 0 saturated carbocycles. The van der Waals surface area contributed by atoms with Gasteiger partial charge in [-0.05, 0) is 45.4 Å². The van der Waals surface area contributed by atoms with E-state index in [0.717, 1.165) is 18.1 Å². The highest BCUT2D eigenvalue weighted by atomic mass is 19.1. The van der Waals surface area contributed by atoms with Crippen molar-refractivity contribution in [1.82, 2.24) is 10.6 Å². The van der Waals surface area contributed by atoms with E-state index in [9.17, 15) is 4.39 Å². The summed E-state index contributed by atoms with van der Waals surface area (Å²) in [6, 6.07) is 5.00. The van der Waals surface area contributed by atoms with E-state index in [1.165, 1.54) is 6.07 Å². The maximum atomic E-state index is 13.6. The number of ether oxygens (including phenoxy) is 1. The van der Waals surface area contributed by atoms with E-state index in [-0.39, 0.29) is 18.0 Å². The van der Waals surface area contributed by atoms with Crippen molar-refractivity contribution in [2.75, 3.05) is 13.7 Å². The number of nitrogens with one attached hydrogen (secondary N) is 2. The van der Waals surface area contributed by atoms with Crippen molar-refractivity contribution < 1.29 is 9.13 Å². The second-order valence-corrected chi connectivity index (χ2v) is 5.93. The molecule has 0 amide bonds. The second kappa shape index (κ2) is 7.98. The van der Waals surface area contributed by atoms with E-state index in [4.69, 9.17) is 4.74 Å². The lowest BCUT2D eigenvalue weighted by Crippen LogP contribution is -2.47. The van der Waals surface area contributed by atoms with Crippen molar-refractivity contribution in [3.05, 3.63) is 35.1 Å². The Morgan fingerprint density at radius 2 is 2.05 bits per heavy atom. The molecule has 0 saturated heterocycles. The lowest BCUT2D eigenvalue weighted by atomic mass is 10.1. The first kappa shape index (κ1) is 17.4. The summed E-state index contributed by atoms with van der Waals surface area (Å²) in [5.41, 5.74) is 1.44. The molecule has 5 heteroatoms. The Hall–Kier alpha value is -1.62. The molecule has 1 aromatic carbocycles. The number of guanidine groups is 1. The second-order valence-electron chi connectivity index (χ2n) is 5.93. The normalized spacial score (nSPS) is 12.4. The Balaban J connectivity index is 2.82. The van der Waals surface area contributed by atoms with Crippen LogP contribution in [0.15, 0.2) is 23.2 Å². The zero-order valence-electron chi connectivity index (χ0n) is 13.6. The molecule has 0 bridgehead atoms. The standard InChI is InChI=1S/C16H26FN3O/c1-6-18-15(20-16(2,3)4)19-10-12-7-8-14(17)13(9-12)11-21-5/h7-9H,6,10-11H2,1-5H3,(H2,18,19,20). The molecule has 1 rings (SSSR count). The van der Waals surface area contributed by atoms with Gasteiger partial charge in [0.2, 0.25) is 0 Å². The average molecular weight is 295 g/mol. The van der Waals surface area contributed by atoms with Gasteiger partial charge in [0.25, 0.3) is 0 Å². The number of halogens is 1. The van der Waals surface area contributed by atoms with E-state index >= 15 is 0 Å². The summed E-state index contributed by atoms with van der Waals surface area (Å²) >= 11 is 0. The predicted octanol–water partition coefficient (Wildman–Crippen LogP) is 2.83. The molecule has 0 radical (unpaired) electrons. The zero-order chi connectivity index (χ0) is 15.9. The van der Waals surface area contributed by atoms with Crippen molar-refractivity contribution in [2.45, 2.75) is 46.4 Å². The van der Waals surface area contributed by atoms with Gasteiger partial charge in [0.15, 0.2) is 5.96 Å². The first-order valence-electron chi connectivity index (χ1n) is 7.18. The van der Waals surface area contributed by atoms with Gasteiger partial charge in [-0.2, -0.15) is 0 Å². The zero-order valence-corrected chi connectivity index (χ0v) is 13.6. The number of benzene rings is 1. The van der Waals surface area contributed by atoms with E-state index < -0.39 is 0 Å². The van der Waals surface area contributed by atoms with Crippen LogP contribution in [0.3, 0.4) is 0 Å². The summed E-state index contributed by atoms with van der Waals surface area (Å²) in [5.74, 6) is 0.506. The van der Waals surface area contributed by atoms with Crippen molar-refractivity contribution in [2.24, 2.45) is 4.99 Å². The number of methoxy groups -OCH3 is 1. The van der Waals surface area contributed by atoms with Crippen molar-refractivity contribution in [3.8, 4) is 0 Å². The molecular formula is C16H26FN3O. The minimum atomic E-state index is -0.246. The van der Waals surface area contributed by atoms with Gasteiger partial charge >= 0.3 is 0 Å². The predicted molar refractivity (Wildman–Crippen MR) is 84.8 cm³/mol. The summed E-state index contributed by atoms with van der Waals surface area (Å²) in [5, 5.41) is 6.52. The lowest BCUT2D eigenvalue weighted by Gasteiger charge is -2.23. The van der Waals surface area contributed by atoms with Crippen LogP contribution in [0.2, 0.25) is 0 Å². The van der Waals surface area contributed by atoms with Crippen LogP contribution >= 0.6 is 0 Å². The van der Waals surface area contributed by atoms with Gasteiger partial charge in [0, 0.05) is 24.8 Å². The van der Waals surface area contributed by atoms with Crippen LogP contribution in [0.25, 0.3) is 0 Å². The highest BCUT2D eigenvalue weighted by Gasteiger charge is 2.11. The summed E-state index contributed by atoms with van der Waals surface area (Å²) in [6.07, 6.45) is 0. The van der Waals surface area contributed by atoms with Gasteiger partial charge < -0.3 is 15.4 Å². The summed E-state index contributed by atoms with van der Waals surface area (Å²) in [6.45, 7) is 9.80. The third-order valence-electron chi connectivity index (χ3n) is 2.67. The van der Waals surface area contributed by atoms with Gasteiger partial charge in [-0.1, -0.05) is 6.07 Å². The molecule has 118 valence electrons. The molecule has 0 aliphatic heterocycles. The monoisotopic (exact) mass is 295 g/mol. The highest BCUT2D eigenvalue weighted by molar-refractivity contribution is 5.80. The number of nitrogens with zero attached hydrogens (tertiary/aromatic N) is 1. The third kappa shape index (κ3) is 6.58. The third-order valence-corrected chi connectivity index (χ3v) is 2.67. The molecule has 0 heterocycles. The molecule has 0 unspecified atom stereocenters. The molecule has 1 aromatic rings. The van der Waals surface area contributed by atoms with Gasteiger partial charge in [0.05, 0.1) is 13.2 Å². The van der Waals surface area contributed by atoms with Crippen LogP contribution in [0, 0.1) is 5.82 Å². The lowest BCUT2D eigenvalue weighted by molar-refractivity contribution is 0.181. The summed E-state index contributed by atoms with van der Waals surface area (Å²) in [7, 11) is 1.56. The first-order valence-corrected chi connectivity index (χ1v) is 7.18. The molecular weight excluding hydrogens is 269 g/mol. The minimum absolute atomic E-state index is 0.0645. The molecule has 0 aliphatic carbocycles. The van der Waals surface area contributed by atoms with E-state index in [2.05, 4.69) is 36.4 Å². The van der Waals surface area contributed by atoms with Crippen LogP contribution in [0.4, 0.5) is 4.39 Å². The SMILES string of the molecule is CCNC(=NCc1ccc(F)c(COC)c1)NC(C)(C)C. The average Bonchev–Trinajstić information content (AvgIpc) is 2.38. The molecule has 0 aliphatic rings. The topological polar surface area (TPSA) is 45.7 Å². The first-order chi connectivity index (χ1) is 9.85. The van der Waals surface area contributed by atoms with E-state index in [1.807, 2.05) is 6.92 Å². The summed E-state index contributed by atoms with van der Waals surface area (Å²) in [4.78, 5) is 4.53. The molecule has 21 heavy (non-hydrogen) atoms. The number of aliphatic imine (C=N–C) groups is 1. The molecule has 0 spiro atoms. The Bertz CT molecular complexity index is 481. The largest absolute Gasteiger partial charge is 0.380 e. The van der Waals surface area contributed by atoms with Gasteiger partial charge in [-0.25, -0.2) is 9.38 Å². The van der Waals surface area contributed by atoms with Crippen LogP contribution in [0.1, 0.15) is 38.8 Å². The fraction of sp³-hybridized carbons (Fsp3) is 0.562. The Kier molecular flexibility index (Phi) is 6.62. The fourth-order valence-electron chi connectivity index (χ4n) is 1.83. The maximum absolute atomic E-state index is 13.6. The van der Waals surface area contributed by atoms with Crippen LogP contribution < -0.4 is 10.6 Å². The highest BCUT2D eigenvalue weighted by Crippen LogP contribution is 2.12.